The Hall–Kier alpha value is -3.47. The van der Waals surface area contributed by atoms with Gasteiger partial charge in [0.05, 0.1) is 54.7 Å². The number of carbonyl (C=O) groups is 1. The Labute approximate surface area is 206 Å². The van der Waals surface area contributed by atoms with E-state index in [0.29, 0.717) is 46.9 Å². The molecule has 9 nitrogen and oxygen atoms in total. The number of fused-ring (bicyclic) bond motifs is 1. The van der Waals surface area contributed by atoms with Crippen molar-refractivity contribution in [3.63, 3.8) is 0 Å². The summed E-state index contributed by atoms with van der Waals surface area (Å²) in [5, 5.41) is 37.1. The summed E-state index contributed by atoms with van der Waals surface area (Å²) in [6, 6.07) is 9.74. The van der Waals surface area contributed by atoms with Crippen LogP contribution in [0.4, 0.5) is 10.6 Å². The van der Waals surface area contributed by atoms with Crippen LogP contribution in [0, 0.1) is 28.6 Å². The molecule has 0 saturated carbocycles. The number of nitriles is 2. The smallest absolute Gasteiger partial charge is 0.432 e. The van der Waals surface area contributed by atoms with Gasteiger partial charge < -0.3 is 15.2 Å². The van der Waals surface area contributed by atoms with Crippen LogP contribution in [0.5, 0.6) is 0 Å². The molecule has 35 heavy (non-hydrogen) atoms. The molecule has 0 spiro atoms. The van der Waals surface area contributed by atoms with E-state index in [0.717, 1.165) is 10.2 Å². The fourth-order valence-electron chi connectivity index (χ4n) is 4.00. The number of nitrogens with one attached hydrogen (secondary N) is 1. The molecule has 2 heterocycles. The van der Waals surface area contributed by atoms with E-state index < -0.39 is 26.0 Å². The van der Waals surface area contributed by atoms with Gasteiger partial charge in [0.1, 0.15) is 0 Å². The fourth-order valence-corrected chi connectivity index (χ4v) is 4.54. The van der Waals surface area contributed by atoms with Crippen LogP contribution in [-0.2, 0) is 4.74 Å². The van der Waals surface area contributed by atoms with Gasteiger partial charge in [-0.05, 0) is 45.4 Å². The van der Waals surface area contributed by atoms with E-state index in [2.05, 4.69) is 61.0 Å². The highest BCUT2D eigenvalue weighted by atomic mass is 28.3. The van der Waals surface area contributed by atoms with E-state index in [9.17, 15) is 20.4 Å². The number of rotatable bonds is 7. The Morgan fingerprint density at radius 3 is 2.54 bits per heavy atom. The molecule has 0 aliphatic carbocycles. The highest BCUT2D eigenvalue weighted by molar-refractivity contribution is 6.78. The topological polar surface area (TPSA) is 136 Å². The van der Waals surface area contributed by atoms with Crippen molar-refractivity contribution in [2.75, 3.05) is 18.5 Å². The third-order valence-corrected chi connectivity index (χ3v) is 10.8. The summed E-state index contributed by atoms with van der Waals surface area (Å²) < 4.78 is 7.07. The molecule has 0 saturated heterocycles. The number of hydrogen-bond acceptors (Lipinski definition) is 7. The molecule has 184 valence electrons. The van der Waals surface area contributed by atoms with Crippen LogP contribution in [0.2, 0.25) is 19.6 Å². The number of benzene rings is 1. The maximum Gasteiger partial charge on any atom is 0.432 e. The minimum atomic E-state index is -1.54. The number of hydrogen-bond donors (Lipinski definition) is 2. The first kappa shape index (κ1) is 26.1. The Balaban J connectivity index is 1.98. The minimum Gasteiger partial charge on any atom is -0.463 e. The summed E-state index contributed by atoms with van der Waals surface area (Å²) in [5.41, 5.74) is 2.82. The van der Waals surface area contributed by atoms with Crippen molar-refractivity contribution in [3.05, 3.63) is 35.0 Å². The average Bonchev–Trinajstić information content (AvgIpc) is 3.13. The summed E-state index contributed by atoms with van der Waals surface area (Å²) in [6.45, 7) is 15.4. The number of aromatic nitrogens is 2. The van der Waals surface area contributed by atoms with Gasteiger partial charge in [-0.3, -0.25) is 4.99 Å². The normalized spacial score (nSPS) is 18.7. The molecule has 2 aromatic rings. The zero-order valence-corrected chi connectivity index (χ0v) is 22.3. The number of allylic oxidation sites excluding steroid dienone is 2. The first-order valence-corrected chi connectivity index (χ1v) is 15.0. The second-order valence-electron chi connectivity index (χ2n) is 10.3. The van der Waals surface area contributed by atoms with Gasteiger partial charge in [-0.1, -0.05) is 25.7 Å². The molecule has 1 aromatic carbocycles. The SMILES string of the molecule is CC1=NC(C)=C(C#N)C(c2ccc3c(c2)c(NCCOC(C)(C)[Si](C)(C)C)nn3C(=O)O)C1C#N. The van der Waals surface area contributed by atoms with Crippen LogP contribution in [0.25, 0.3) is 10.9 Å². The van der Waals surface area contributed by atoms with Crippen molar-refractivity contribution in [2.45, 2.75) is 58.5 Å². The van der Waals surface area contributed by atoms with E-state index in [-0.39, 0.29) is 5.22 Å². The van der Waals surface area contributed by atoms with Crippen molar-refractivity contribution < 1.29 is 14.6 Å². The molecule has 1 aromatic heterocycles. The summed E-state index contributed by atoms with van der Waals surface area (Å²) in [6.07, 6.45) is -1.20. The fraction of sp³-hybridized carbons (Fsp3) is 0.480. The molecule has 10 heteroatoms. The third-order valence-electron chi connectivity index (χ3n) is 7.00. The molecule has 3 rings (SSSR count). The Kier molecular flexibility index (Phi) is 7.20. The molecule has 1 aliphatic heterocycles. The van der Waals surface area contributed by atoms with Crippen LogP contribution < -0.4 is 5.32 Å². The Morgan fingerprint density at radius 1 is 1.29 bits per heavy atom. The lowest BCUT2D eigenvalue weighted by Gasteiger charge is -2.37. The standard InChI is InChI=1S/C25H32N6O3Si/c1-15-19(13-26)22(20(14-27)16(2)29-15)17-8-9-21-18(12-17)23(30-31(21)24(32)33)28-10-11-34-25(3,4)35(5,6)7/h8-9,12,19,22H,10-11H2,1-7H3,(H,28,30)(H,32,33). The summed E-state index contributed by atoms with van der Waals surface area (Å²) in [7, 11) is -1.54. The number of nitrogens with zero attached hydrogens (tertiary/aromatic N) is 5. The van der Waals surface area contributed by atoms with Gasteiger partial charge in [0.2, 0.25) is 0 Å². The lowest BCUT2D eigenvalue weighted by molar-refractivity contribution is 0.0440. The maximum absolute atomic E-state index is 11.8. The van der Waals surface area contributed by atoms with E-state index in [4.69, 9.17) is 4.74 Å². The molecule has 2 N–H and O–H groups in total. The monoisotopic (exact) mass is 492 g/mol. The second-order valence-corrected chi connectivity index (χ2v) is 16.0. The quantitative estimate of drug-likeness (QED) is 0.403. The average molecular weight is 493 g/mol. The molecule has 1 aliphatic rings. The Morgan fingerprint density at radius 2 is 1.97 bits per heavy atom. The van der Waals surface area contributed by atoms with E-state index in [1.165, 1.54) is 0 Å². The van der Waals surface area contributed by atoms with E-state index in [1.54, 1.807) is 26.0 Å². The third kappa shape index (κ3) is 4.99. The predicted octanol–water partition coefficient (Wildman–Crippen LogP) is 5.14. The van der Waals surface area contributed by atoms with Gasteiger partial charge in [-0.2, -0.15) is 15.2 Å². The van der Waals surface area contributed by atoms with Crippen molar-refractivity contribution >= 4 is 36.6 Å². The van der Waals surface area contributed by atoms with Crippen LogP contribution in [0.1, 0.15) is 39.2 Å². The summed E-state index contributed by atoms with van der Waals surface area (Å²) in [4.78, 5) is 16.2. The molecule has 0 bridgehead atoms. The molecule has 0 radical (unpaired) electrons. The minimum absolute atomic E-state index is 0.213. The number of ether oxygens (including phenoxy) is 1. The van der Waals surface area contributed by atoms with Crippen LogP contribution in [0.15, 0.2) is 34.5 Å². The lowest BCUT2D eigenvalue weighted by Crippen LogP contribution is -2.50. The number of aliphatic imine (C=N–C) groups is 1. The van der Waals surface area contributed by atoms with Crippen molar-refractivity contribution in [3.8, 4) is 12.1 Å². The van der Waals surface area contributed by atoms with Gasteiger partial charge in [0, 0.05) is 23.6 Å². The highest BCUT2D eigenvalue weighted by Crippen LogP contribution is 2.39. The first-order valence-electron chi connectivity index (χ1n) is 11.5. The van der Waals surface area contributed by atoms with E-state index >= 15 is 0 Å². The number of anilines is 1. The van der Waals surface area contributed by atoms with Gasteiger partial charge in [0.15, 0.2) is 5.82 Å². The first-order chi connectivity index (χ1) is 16.3. The molecular formula is C25H32N6O3Si. The van der Waals surface area contributed by atoms with Gasteiger partial charge >= 0.3 is 6.09 Å². The lowest BCUT2D eigenvalue weighted by atomic mass is 9.76. The van der Waals surface area contributed by atoms with Gasteiger partial charge in [-0.25, -0.2) is 4.79 Å². The van der Waals surface area contributed by atoms with E-state index in [1.807, 2.05) is 6.07 Å². The zero-order chi connectivity index (χ0) is 26.1. The van der Waals surface area contributed by atoms with Crippen molar-refractivity contribution in [2.24, 2.45) is 10.9 Å². The molecular weight excluding hydrogens is 460 g/mol. The Bertz CT molecular complexity index is 1300. The highest BCUT2D eigenvalue weighted by Gasteiger charge is 2.36. The maximum atomic E-state index is 11.8. The summed E-state index contributed by atoms with van der Waals surface area (Å²) in [5.74, 6) is -0.671. The molecule has 0 amide bonds. The van der Waals surface area contributed by atoms with Crippen LogP contribution in [-0.4, -0.2) is 53.1 Å². The number of carboxylic acid groups (broad SMARTS) is 1. The van der Waals surface area contributed by atoms with Crippen molar-refractivity contribution in [1.29, 1.82) is 10.5 Å². The molecule has 2 atom stereocenters. The zero-order valence-electron chi connectivity index (χ0n) is 21.3. The summed E-state index contributed by atoms with van der Waals surface area (Å²) >= 11 is 0. The van der Waals surface area contributed by atoms with Crippen LogP contribution >= 0.6 is 0 Å². The van der Waals surface area contributed by atoms with Crippen molar-refractivity contribution in [1.82, 2.24) is 9.78 Å². The molecule has 0 fully saturated rings. The predicted molar refractivity (Wildman–Crippen MR) is 138 cm³/mol. The van der Waals surface area contributed by atoms with Gasteiger partial charge in [0.25, 0.3) is 0 Å². The molecule has 2 unspecified atom stereocenters. The van der Waals surface area contributed by atoms with Gasteiger partial charge in [-0.15, -0.1) is 5.10 Å². The second kappa shape index (κ2) is 9.65. The van der Waals surface area contributed by atoms with Crippen LogP contribution in [0.3, 0.4) is 0 Å². The largest absolute Gasteiger partial charge is 0.463 e.